The maximum atomic E-state index is 13.6. The van der Waals surface area contributed by atoms with Crippen LogP contribution in [0.15, 0.2) is 36.5 Å². The molecule has 2 aromatic heterocycles. The molecule has 0 radical (unpaired) electrons. The third kappa shape index (κ3) is 2.52. The first-order valence-electron chi connectivity index (χ1n) is 7.27. The van der Waals surface area contributed by atoms with Gasteiger partial charge in [-0.1, -0.05) is 11.6 Å². The predicted octanol–water partition coefficient (Wildman–Crippen LogP) is 2.54. The van der Waals surface area contributed by atoms with Crippen LogP contribution in [0.1, 0.15) is 10.5 Å². The lowest BCUT2D eigenvalue weighted by Crippen LogP contribution is -2.35. The van der Waals surface area contributed by atoms with E-state index in [2.05, 4.69) is 20.4 Å². The second-order valence-electron chi connectivity index (χ2n) is 5.29. The van der Waals surface area contributed by atoms with E-state index in [9.17, 15) is 9.18 Å². The second kappa shape index (κ2) is 5.68. The molecule has 3 aromatic rings. The van der Waals surface area contributed by atoms with Crippen molar-refractivity contribution in [1.82, 2.24) is 25.1 Å². The van der Waals surface area contributed by atoms with Crippen LogP contribution < -0.4 is 5.32 Å². The van der Waals surface area contributed by atoms with E-state index in [0.29, 0.717) is 41.6 Å². The largest absolute Gasteiger partial charge is 0.349 e. The molecule has 0 spiro atoms. The van der Waals surface area contributed by atoms with E-state index in [1.807, 2.05) is 0 Å². The van der Waals surface area contributed by atoms with E-state index < -0.39 is 5.82 Å². The Morgan fingerprint density at radius 2 is 2.08 bits per heavy atom. The lowest BCUT2D eigenvalue weighted by molar-refractivity contribution is 0.0924. The zero-order chi connectivity index (χ0) is 16.7. The fourth-order valence-corrected chi connectivity index (χ4v) is 2.65. The van der Waals surface area contributed by atoms with E-state index in [0.717, 1.165) is 0 Å². The normalized spacial score (nSPS) is 13.5. The van der Waals surface area contributed by atoms with Crippen molar-refractivity contribution in [2.45, 2.75) is 6.54 Å². The van der Waals surface area contributed by atoms with Crippen LogP contribution in [-0.4, -0.2) is 32.2 Å². The average Bonchev–Trinajstić information content (AvgIpc) is 3.03. The van der Waals surface area contributed by atoms with Gasteiger partial charge in [0.2, 0.25) is 0 Å². The number of aromatic nitrogens is 4. The zero-order valence-electron chi connectivity index (χ0n) is 12.3. The molecule has 8 heteroatoms. The summed E-state index contributed by atoms with van der Waals surface area (Å²) < 4.78 is 15.3. The number of hydrogen-bond donors (Lipinski definition) is 1. The Kier molecular flexibility index (Phi) is 3.50. The third-order valence-electron chi connectivity index (χ3n) is 3.72. The summed E-state index contributed by atoms with van der Waals surface area (Å²) in [5, 5.41) is 7.22. The molecule has 1 aliphatic rings. The first-order valence-corrected chi connectivity index (χ1v) is 7.64. The lowest BCUT2D eigenvalue weighted by Gasteiger charge is -2.13. The SMILES string of the molecule is O=C1NCCn2nc(-c3ccnc(-c4ccc(Cl)c(F)c4)n3)cc21. The summed E-state index contributed by atoms with van der Waals surface area (Å²) in [6.45, 7) is 1.16. The van der Waals surface area contributed by atoms with Gasteiger partial charge in [0.05, 0.1) is 17.3 Å². The molecule has 120 valence electrons. The lowest BCUT2D eigenvalue weighted by atomic mass is 10.2. The smallest absolute Gasteiger partial charge is 0.269 e. The summed E-state index contributed by atoms with van der Waals surface area (Å²) >= 11 is 5.70. The number of nitrogens with one attached hydrogen (secondary N) is 1. The van der Waals surface area contributed by atoms with Crippen molar-refractivity contribution in [3.05, 3.63) is 53.1 Å². The monoisotopic (exact) mass is 343 g/mol. The highest BCUT2D eigenvalue weighted by atomic mass is 35.5. The highest BCUT2D eigenvalue weighted by Crippen LogP contribution is 2.24. The molecule has 0 saturated heterocycles. The molecule has 1 aromatic carbocycles. The molecule has 0 saturated carbocycles. The van der Waals surface area contributed by atoms with E-state index in [1.54, 1.807) is 29.1 Å². The van der Waals surface area contributed by atoms with E-state index in [1.165, 1.54) is 12.1 Å². The van der Waals surface area contributed by atoms with Gasteiger partial charge in [-0.2, -0.15) is 5.10 Å². The van der Waals surface area contributed by atoms with Crippen molar-refractivity contribution >= 4 is 17.5 Å². The summed E-state index contributed by atoms with van der Waals surface area (Å²) in [5.74, 6) is -0.329. The first kappa shape index (κ1) is 14.8. The highest BCUT2D eigenvalue weighted by molar-refractivity contribution is 6.30. The molecular formula is C16H11ClFN5O. The fraction of sp³-hybridized carbons (Fsp3) is 0.125. The van der Waals surface area contributed by atoms with Gasteiger partial charge in [0.1, 0.15) is 17.2 Å². The van der Waals surface area contributed by atoms with Gasteiger partial charge in [-0.25, -0.2) is 14.4 Å². The van der Waals surface area contributed by atoms with Crippen LogP contribution in [0.4, 0.5) is 4.39 Å². The predicted molar refractivity (Wildman–Crippen MR) is 86.0 cm³/mol. The molecule has 3 heterocycles. The van der Waals surface area contributed by atoms with Crippen LogP contribution in [-0.2, 0) is 6.54 Å². The maximum absolute atomic E-state index is 13.6. The van der Waals surface area contributed by atoms with Gasteiger partial charge in [-0.05, 0) is 30.3 Å². The van der Waals surface area contributed by atoms with Gasteiger partial charge in [-0.3, -0.25) is 9.48 Å². The second-order valence-corrected chi connectivity index (χ2v) is 5.70. The average molecular weight is 344 g/mol. The Labute approximate surface area is 141 Å². The summed E-state index contributed by atoms with van der Waals surface area (Å²) in [6.07, 6.45) is 1.57. The van der Waals surface area contributed by atoms with Gasteiger partial charge in [0.25, 0.3) is 5.91 Å². The highest BCUT2D eigenvalue weighted by Gasteiger charge is 2.20. The van der Waals surface area contributed by atoms with Gasteiger partial charge in [-0.15, -0.1) is 0 Å². The number of halogens is 2. The summed E-state index contributed by atoms with van der Waals surface area (Å²) in [6, 6.07) is 7.77. The molecule has 0 atom stereocenters. The van der Waals surface area contributed by atoms with Gasteiger partial charge < -0.3 is 5.32 Å². The van der Waals surface area contributed by atoms with Gasteiger partial charge in [0, 0.05) is 18.3 Å². The topological polar surface area (TPSA) is 72.7 Å². The van der Waals surface area contributed by atoms with Crippen LogP contribution >= 0.6 is 11.6 Å². The number of hydrogen-bond acceptors (Lipinski definition) is 4. The van der Waals surface area contributed by atoms with Gasteiger partial charge in [0.15, 0.2) is 5.82 Å². The molecular weight excluding hydrogens is 333 g/mol. The Hall–Kier alpha value is -2.80. The number of nitrogens with zero attached hydrogens (tertiary/aromatic N) is 4. The fourth-order valence-electron chi connectivity index (χ4n) is 2.54. The minimum absolute atomic E-state index is 0.0442. The third-order valence-corrected chi connectivity index (χ3v) is 4.02. The Balaban J connectivity index is 1.75. The van der Waals surface area contributed by atoms with E-state index in [4.69, 9.17) is 11.6 Å². The minimum atomic E-state index is -0.530. The molecule has 0 unspecified atom stereocenters. The summed E-state index contributed by atoms with van der Waals surface area (Å²) in [4.78, 5) is 20.4. The Morgan fingerprint density at radius 1 is 1.21 bits per heavy atom. The molecule has 0 fully saturated rings. The zero-order valence-corrected chi connectivity index (χ0v) is 13.1. The number of fused-ring (bicyclic) bond motifs is 1. The molecule has 1 N–H and O–H groups in total. The standard InChI is InChI=1S/C16H11ClFN5O/c17-10-2-1-9(7-11(10)18)15-19-4-3-12(21-15)13-8-14-16(24)20-5-6-23(14)22-13/h1-4,7-8H,5-6H2,(H,20,24). The van der Waals surface area contributed by atoms with Crippen molar-refractivity contribution in [2.24, 2.45) is 0 Å². The van der Waals surface area contributed by atoms with E-state index >= 15 is 0 Å². The van der Waals surface area contributed by atoms with Gasteiger partial charge >= 0.3 is 0 Å². The van der Waals surface area contributed by atoms with Crippen molar-refractivity contribution in [3.63, 3.8) is 0 Å². The number of amides is 1. The Morgan fingerprint density at radius 3 is 2.88 bits per heavy atom. The van der Waals surface area contributed by atoms with Crippen molar-refractivity contribution in [2.75, 3.05) is 6.54 Å². The van der Waals surface area contributed by atoms with Crippen LogP contribution in [0.5, 0.6) is 0 Å². The van der Waals surface area contributed by atoms with E-state index in [-0.39, 0.29) is 10.9 Å². The molecule has 1 aliphatic heterocycles. The summed E-state index contributed by atoms with van der Waals surface area (Å²) in [7, 11) is 0. The minimum Gasteiger partial charge on any atom is -0.349 e. The van der Waals surface area contributed by atoms with Crippen LogP contribution in [0.3, 0.4) is 0 Å². The van der Waals surface area contributed by atoms with Crippen molar-refractivity contribution in [3.8, 4) is 22.8 Å². The van der Waals surface area contributed by atoms with Crippen molar-refractivity contribution in [1.29, 1.82) is 0 Å². The van der Waals surface area contributed by atoms with Crippen LogP contribution in [0.2, 0.25) is 5.02 Å². The Bertz CT molecular complexity index is 955. The van der Waals surface area contributed by atoms with Crippen LogP contribution in [0.25, 0.3) is 22.8 Å². The maximum Gasteiger partial charge on any atom is 0.269 e. The summed E-state index contributed by atoms with van der Waals surface area (Å²) in [5.41, 5.74) is 2.14. The molecule has 1 amide bonds. The molecule has 0 bridgehead atoms. The molecule has 0 aliphatic carbocycles. The number of benzene rings is 1. The van der Waals surface area contributed by atoms with Crippen molar-refractivity contribution < 1.29 is 9.18 Å². The molecule has 24 heavy (non-hydrogen) atoms. The number of carbonyl (C=O) groups is 1. The van der Waals surface area contributed by atoms with Crippen LogP contribution in [0, 0.1) is 5.82 Å². The first-order chi connectivity index (χ1) is 11.6. The molecule has 4 rings (SSSR count). The quantitative estimate of drug-likeness (QED) is 0.776. The number of carbonyl (C=O) groups excluding carboxylic acids is 1. The number of rotatable bonds is 2. The molecule has 6 nitrogen and oxygen atoms in total.